The number of ketones is 2. The van der Waals surface area contributed by atoms with E-state index in [0.717, 1.165) is 5.56 Å². The molecule has 3 N–H and O–H groups in total. The van der Waals surface area contributed by atoms with Crippen LogP contribution in [0.1, 0.15) is 86.0 Å². The highest BCUT2D eigenvalue weighted by molar-refractivity contribution is 6.03. The minimum Gasteiger partial charge on any atom is -0.458 e. The second-order valence-electron chi connectivity index (χ2n) is 17.5. The van der Waals surface area contributed by atoms with Gasteiger partial charge in [0.05, 0.1) is 23.5 Å². The molecule has 3 aliphatic heterocycles. The quantitative estimate of drug-likeness (QED) is 0.113. The molecule has 3 aliphatic rings. The van der Waals surface area contributed by atoms with Gasteiger partial charge in [-0.1, -0.05) is 38.0 Å². The van der Waals surface area contributed by atoms with Gasteiger partial charge in [0.25, 0.3) is 0 Å². The largest absolute Gasteiger partial charge is 0.458 e. The summed E-state index contributed by atoms with van der Waals surface area (Å²) in [7, 11) is 5.16. The van der Waals surface area contributed by atoms with Crippen molar-refractivity contribution >= 4 is 29.3 Å². The van der Waals surface area contributed by atoms with E-state index < -0.39 is 89.0 Å². The maximum absolute atomic E-state index is 14.7. The van der Waals surface area contributed by atoms with Crippen molar-refractivity contribution in [3.05, 3.63) is 35.7 Å². The van der Waals surface area contributed by atoms with E-state index >= 15 is 0 Å². The summed E-state index contributed by atoms with van der Waals surface area (Å²) in [5, 5.41) is 19.6. The van der Waals surface area contributed by atoms with Crippen molar-refractivity contribution in [3.63, 3.8) is 0 Å². The van der Waals surface area contributed by atoms with Crippen molar-refractivity contribution in [3.8, 4) is 11.4 Å². The predicted molar refractivity (Wildman–Crippen MR) is 217 cm³/mol. The first-order valence-corrected chi connectivity index (χ1v) is 20.7. The smallest absolute Gasteiger partial charge is 0.317 e. The molecule has 332 valence electrons. The van der Waals surface area contributed by atoms with Crippen LogP contribution >= 0.6 is 0 Å². The molecule has 2 aromatic rings. The fraction of sp³-hybridized carbons (Fsp3) is 0.698. The summed E-state index contributed by atoms with van der Waals surface area (Å²) in [5.41, 5.74) is 5.72. The molecule has 2 aromatic heterocycles. The predicted octanol–water partition coefficient (Wildman–Crippen LogP) is 4.01. The SMILES string of the molecule is CC[C@H]1OC(=O)[C@H](C)C(=O)[C@H](C)[C@@H](OC2OC(C)CC(N(C)C)C2O)[C@@](C)(OC)C[C@@H](C)C(=O)[C@H](C)C2C(/C(N)=N\OCc3cc(-c4cc(C)ccn4)no3)C(=O)O[C@@]21C. The molecule has 0 bridgehead atoms. The van der Waals surface area contributed by atoms with Gasteiger partial charge in [-0.3, -0.25) is 24.2 Å². The molecular weight excluding hydrogens is 778 g/mol. The number of aliphatic hydroxyl groups excluding tert-OH is 1. The van der Waals surface area contributed by atoms with E-state index in [9.17, 15) is 24.3 Å². The molecule has 60 heavy (non-hydrogen) atoms. The van der Waals surface area contributed by atoms with Crippen LogP contribution in [0, 0.1) is 42.4 Å². The Balaban J connectivity index is 1.49. The summed E-state index contributed by atoms with van der Waals surface area (Å²) in [6, 6.07) is 5.06. The standard InChI is InChI=1S/C43H63N5O12/c1-13-31-43(9)33(32(40(53)59-43)38(44)47-55-20-27-18-29(46-60-27)28-16-21(2)14-15-45-28)24(5)34(49)22(3)19-42(8,54-12)37(25(6)35(50)26(7)39(52)57-31)58-41-36(51)30(48(10)11)17-23(4)56-41/h14-16,18,22-26,30-33,36-37,41,51H,13,17,19-20H2,1-12H3,(H2,44,47)/t22-,23?,24-,25+,26-,30?,31-,32?,33?,36?,37-,41?,42+,43-/m1/s1. The van der Waals surface area contributed by atoms with Crippen molar-refractivity contribution < 1.29 is 57.3 Å². The lowest BCUT2D eigenvalue weighted by Crippen LogP contribution is -2.59. The number of carbonyl (C=O) groups excluding carboxylic acids is 4. The van der Waals surface area contributed by atoms with Crippen molar-refractivity contribution in [2.45, 2.75) is 136 Å². The van der Waals surface area contributed by atoms with Gasteiger partial charge >= 0.3 is 11.9 Å². The van der Waals surface area contributed by atoms with Gasteiger partial charge in [-0.15, -0.1) is 0 Å². The third-order valence-electron chi connectivity index (χ3n) is 12.8. The van der Waals surface area contributed by atoms with Gasteiger partial charge in [0, 0.05) is 49.1 Å². The second-order valence-corrected chi connectivity index (χ2v) is 17.5. The Morgan fingerprint density at radius 1 is 1.03 bits per heavy atom. The van der Waals surface area contributed by atoms with Crippen LogP contribution in [-0.2, 0) is 54.3 Å². The van der Waals surface area contributed by atoms with E-state index in [0.29, 0.717) is 23.6 Å². The second kappa shape index (κ2) is 18.8. The molecule has 0 spiro atoms. The lowest BCUT2D eigenvalue weighted by Gasteiger charge is -2.47. The number of pyridine rings is 1. The fourth-order valence-electron chi connectivity index (χ4n) is 9.35. The highest BCUT2D eigenvalue weighted by atomic mass is 16.7. The molecule has 0 amide bonds. The number of aliphatic hydroxyl groups is 1. The number of esters is 2. The van der Waals surface area contributed by atoms with Crippen molar-refractivity contribution in [2.75, 3.05) is 21.2 Å². The van der Waals surface area contributed by atoms with Crippen molar-refractivity contribution in [1.29, 1.82) is 0 Å². The molecule has 5 rings (SSSR count). The van der Waals surface area contributed by atoms with Crippen LogP contribution in [0.25, 0.3) is 11.4 Å². The number of oxime groups is 1. The van der Waals surface area contributed by atoms with Crippen molar-refractivity contribution in [1.82, 2.24) is 15.0 Å². The van der Waals surface area contributed by atoms with Crippen LogP contribution in [0.4, 0.5) is 0 Å². The molecule has 0 saturated carbocycles. The minimum absolute atomic E-state index is 0.0489. The summed E-state index contributed by atoms with van der Waals surface area (Å²) in [6.07, 6.45) is -2.30. The number of ether oxygens (including phenoxy) is 5. The van der Waals surface area contributed by atoms with Gasteiger partial charge in [-0.25, -0.2) is 0 Å². The maximum atomic E-state index is 14.7. The lowest BCUT2D eigenvalue weighted by molar-refractivity contribution is -0.295. The highest BCUT2D eigenvalue weighted by Crippen LogP contribution is 2.48. The molecule has 14 atom stereocenters. The van der Waals surface area contributed by atoms with E-state index in [1.807, 2.05) is 45.0 Å². The van der Waals surface area contributed by atoms with E-state index in [-0.39, 0.29) is 43.2 Å². The Hall–Kier alpha value is -4.29. The average molecular weight is 842 g/mol. The average Bonchev–Trinajstić information content (AvgIpc) is 3.79. The first-order chi connectivity index (χ1) is 28.2. The molecule has 0 aliphatic carbocycles. The Morgan fingerprint density at radius 2 is 1.73 bits per heavy atom. The summed E-state index contributed by atoms with van der Waals surface area (Å²) in [4.78, 5) is 68.8. The number of rotatable bonds is 10. The minimum atomic E-state index is -1.58. The molecule has 5 heterocycles. The Morgan fingerprint density at radius 3 is 2.37 bits per heavy atom. The zero-order valence-electron chi connectivity index (χ0n) is 36.9. The van der Waals surface area contributed by atoms with Crippen LogP contribution in [0.3, 0.4) is 0 Å². The summed E-state index contributed by atoms with van der Waals surface area (Å²) in [6.45, 7) is 15.2. The van der Waals surface area contributed by atoms with Gasteiger partial charge in [-0.05, 0) is 85.7 Å². The number of cyclic esters (lactones) is 1. The normalized spacial score (nSPS) is 37.3. The number of fused-ring (bicyclic) bond motifs is 1. The Labute approximate surface area is 351 Å². The van der Waals surface area contributed by atoms with Crippen LogP contribution in [0.15, 0.2) is 34.1 Å². The summed E-state index contributed by atoms with van der Waals surface area (Å²) >= 11 is 0. The monoisotopic (exact) mass is 841 g/mol. The number of methoxy groups -OCH3 is 1. The van der Waals surface area contributed by atoms with Gasteiger partial charge in [0.15, 0.2) is 35.9 Å². The number of nitrogens with two attached hydrogens (primary N) is 1. The zero-order chi connectivity index (χ0) is 44.4. The van der Waals surface area contributed by atoms with E-state index in [2.05, 4.69) is 15.3 Å². The molecule has 0 radical (unpaired) electrons. The number of Topliss-reactive ketones (excluding diaryl/α,β-unsaturated/α-hetero) is 2. The number of carbonyl (C=O) groups is 4. The third kappa shape index (κ3) is 9.44. The number of nitrogens with zero attached hydrogens (tertiary/aromatic N) is 4. The molecule has 0 aromatic carbocycles. The van der Waals surface area contributed by atoms with Gasteiger partial charge in [0.1, 0.15) is 35.5 Å². The molecule has 3 saturated heterocycles. The third-order valence-corrected chi connectivity index (χ3v) is 12.8. The molecule has 3 fully saturated rings. The van der Waals surface area contributed by atoms with Crippen LogP contribution in [0.2, 0.25) is 0 Å². The van der Waals surface area contributed by atoms with Crippen LogP contribution in [-0.4, -0.2) is 119 Å². The van der Waals surface area contributed by atoms with Gasteiger partial charge < -0.3 is 48.8 Å². The maximum Gasteiger partial charge on any atom is 0.317 e. The number of aromatic nitrogens is 2. The number of hydrogen-bond acceptors (Lipinski definition) is 16. The van der Waals surface area contributed by atoms with Crippen LogP contribution < -0.4 is 5.73 Å². The van der Waals surface area contributed by atoms with Crippen LogP contribution in [0.5, 0.6) is 0 Å². The summed E-state index contributed by atoms with van der Waals surface area (Å²) in [5.74, 6) is -8.61. The van der Waals surface area contributed by atoms with E-state index in [1.165, 1.54) is 14.0 Å². The summed E-state index contributed by atoms with van der Waals surface area (Å²) < 4.78 is 36.4. The first kappa shape index (κ1) is 46.8. The van der Waals surface area contributed by atoms with E-state index in [4.69, 9.17) is 38.8 Å². The van der Waals surface area contributed by atoms with E-state index in [1.54, 1.807) is 53.8 Å². The highest BCUT2D eigenvalue weighted by Gasteiger charge is 2.62. The molecular formula is C43H63N5O12. The number of amidine groups is 1. The van der Waals surface area contributed by atoms with Gasteiger partial charge in [0.2, 0.25) is 0 Å². The topological polar surface area (TPSA) is 224 Å². The number of hydrogen-bond donors (Lipinski definition) is 2. The van der Waals surface area contributed by atoms with Gasteiger partial charge in [-0.2, -0.15) is 0 Å². The zero-order valence-corrected chi connectivity index (χ0v) is 36.9. The molecule has 17 nitrogen and oxygen atoms in total. The van der Waals surface area contributed by atoms with Crippen molar-refractivity contribution in [2.24, 2.45) is 46.4 Å². The number of likely N-dealkylation sites (N-methyl/N-ethyl adjacent to an activating group) is 1. The fourth-order valence-corrected chi connectivity index (χ4v) is 9.35. The lowest BCUT2D eigenvalue weighted by atomic mass is 9.67. The molecule has 17 heteroatoms. The Kier molecular flexibility index (Phi) is 14.6. The molecule has 6 unspecified atom stereocenters. The number of aryl methyl sites for hydroxylation is 1. The Bertz CT molecular complexity index is 1900. The first-order valence-electron chi connectivity index (χ1n) is 20.7.